The lowest BCUT2D eigenvalue weighted by atomic mass is 10.1. The van der Waals surface area contributed by atoms with Crippen LogP contribution in [0.4, 0.5) is 11.4 Å². The first-order valence-corrected chi connectivity index (χ1v) is 12.8. The quantitative estimate of drug-likeness (QED) is 0.409. The summed E-state index contributed by atoms with van der Waals surface area (Å²) in [6, 6.07) is 11.6. The zero-order chi connectivity index (χ0) is 24.1. The maximum absolute atomic E-state index is 13.4. The molecule has 0 radical (unpaired) electrons. The summed E-state index contributed by atoms with van der Waals surface area (Å²) >= 11 is 0. The number of hydrogen-bond donors (Lipinski definition) is 0. The van der Waals surface area contributed by atoms with Gasteiger partial charge in [0.15, 0.2) is 11.5 Å². The van der Waals surface area contributed by atoms with E-state index in [1.807, 2.05) is 36.1 Å². The van der Waals surface area contributed by atoms with Crippen molar-refractivity contribution in [2.24, 2.45) is 0 Å². The van der Waals surface area contributed by atoms with E-state index in [1.165, 1.54) is 22.5 Å². The topological polar surface area (TPSA) is 111 Å². The Labute approximate surface area is 199 Å². The Morgan fingerprint density at radius 3 is 2.38 bits per heavy atom. The van der Waals surface area contributed by atoms with Crippen LogP contribution in [0.1, 0.15) is 19.8 Å². The van der Waals surface area contributed by atoms with Crippen molar-refractivity contribution < 1.29 is 27.6 Å². The molecule has 11 heteroatoms. The molecule has 2 aliphatic heterocycles. The molecular formula is C23H29N3O7S. The van der Waals surface area contributed by atoms with Gasteiger partial charge in [0.25, 0.3) is 5.69 Å². The van der Waals surface area contributed by atoms with Gasteiger partial charge in [-0.05, 0) is 25.1 Å². The number of nitro benzene ring substituents is 1. The number of para-hydroxylation sites is 2. The van der Waals surface area contributed by atoms with Crippen molar-refractivity contribution >= 4 is 21.4 Å². The molecule has 0 bridgehead atoms. The van der Waals surface area contributed by atoms with Crippen molar-refractivity contribution in [2.75, 3.05) is 50.9 Å². The molecule has 2 heterocycles. The highest BCUT2D eigenvalue weighted by Crippen LogP contribution is 2.35. The van der Waals surface area contributed by atoms with Crippen molar-refractivity contribution in [2.45, 2.75) is 30.8 Å². The number of nitro groups is 1. The van der Waals surface area contributed by atoms with Crippen molar-refractivity contribution in [1.82, 2.24) is 4.31 Å². The van der Waals surface area contributed by atoms with Gasteiger partial charge >= 0.3 is 0 Å². The smallest absolute Gasteiger partial charge is 0.270 e. The van der Waals surface area contributed by atoms with Crippen LogP contribution in [0.15, 0.2) is 47.4 Å². The zero-order valence-corrected chi connectivity index (χ0v) is 19.9. The fourth-order valence-electron chi connectivity index (χ4n) is 4.23. The zero-order valence-electron chi connectivity index (χ0n) is 19.1. The van der Waals surface area contributed by atoms with Gasteiger partial charge in [0, 0.05) is 51.2 Å². The summed E-state index contributed by atoms with van der Waals surface area (Å²) in [6.07, 6.45) is 1.30. The third kappa shape index (κ3) is 5.26. The number of anilines is 1. The second-order valence-electron chi connectivity index (χ2n) is 8.11. The summed E-state index contributed by atoms with van der Waals surface area (Å²) < 4.78 is 45.3. The van der Waals surface area contributed by atoms with Gasteiger partial charge < -0.3 is 19.1 Å². The molecule has 4 rings (SSSR count). The minimum absolute atomic E-state index is 0.0374. The van der Waals surface area contributed by atoms with Gasteiger partial charge in [-0.15, -0.1) is 0 Å². The molecule has 0 unspecified atom stereocenters. The number of piperidine rings is 1. The van der Waals surface area contributed by atoms with E-state index in [0.717, 1.165) is 0 Å². The summed E-state index contributed by atoms with van der Waals surface area (Å²) in [5.74, 6) is 1.38. The van der Waals surface area contributed by atoms with E-state index in [0.29, 0.717) is 62.9 Å². The van der Waals surface area contributed by atoms with Gasteiger partial charge in [0.2, 0.25) is 10.0 Å². The molecule has 10 nitrogen and oxygen atoms in total. The van der Waals surface area contributed by atoms with E-state index in [4.69, 9.17) is 14.2 Å². The van der Waals surface area contributed by atoms with Crippen LogP contribution < -0.4 is 14.4 Å². The molecule has 184 valence electrons. The maximum atomic E-state index is 13.4. The molecule has 0 spiro atoms. The Morgan fingerprint density at radius 1 is 1.06 bits per heavy atom. The molecule has 2 saturated heterocycles. The first-order chi connectivity index (χ1) is 16.4. The second kappa shape index (κ2) is 10.6. The van der Waals surface area contributed by atoms with Gasteiger partial charge in [-0.25, -0.2) is 8.42 Å². The average molecular weight is 492 g/mol. The highest BCUT2D eigenvalue weighted by atomic mass is 32.2. The Balaban J connectivity index is 1.53. The van der Waals surface area contributed by atoms with Crippen LogP contribution >= 0.6 is 0 Å². The predicted octanol–water partition coefficient (Wildman–Crippen LogP) is 3.06. The lowest BCUT2D eigenvalue weighted by Crippen LogP contribution is -2.42. The molecule has 0 amide bonds. The maximum Gasteiger partial charge on any atom is 0.270 e. The monoisotopic (exact) mass is 491 g/mol. The first kappa shape index (κ1) is 24.2. The molecule has 2 aromatic carbocycles. The summed E-state index contributed by atoms with van der Waals surface area (Å²) in [7, 11) is -3.91. The van der Waals surface area contributed by atoms with E-state index >= 15 is 0 Å². The molecule has 34 heavy (non-hydrogen) atoms. The van der Waals surface area contributed by atoms with Crippen molar-refractivity contribution in [3.63, 3.8) is 0 Å². The van der Waals surface area contributed by atoms with Crippen LogP contribution in [0.25, 0.3) is 0 Å². The van der Waals surface area contributed by atoms with Crippen molar-refractivity contribution in [3.8, 4) is 11.5 Å². The number of hydrogen-bond acceptors (Lipinski definition) is 8. The highest BCUT2D eigenvalue weighted by molar-refractivity contribution is 7.89. The minimum atomic E-state index is -3.91. The molecular weight excluding hydrogens is 462 g/mol. The van der Waals surface area contributed by atoms with Crippen LogP contribution in [0.5, 0.6) is 11.5 Å². The summed E-state index contributed by atoms with van der Waals surface area (Å²) in [5.41, 5.74) is 0.228. The number of nitrogens with zero attached hydrogens (tertiary/aromatic N) is 3. The fourth-order valence-corrected chi connectivity index (χ4v) is 5.87. The SMILES string of the molecule is CCOc1ccccc1OC1CCN(c2ccc([N+](=O)[O-])cc2S(=O)(=O)N2CCOCC2)CC1. The van der Waals surface area contributed by atoms with E-state index in [-0.39, 0.29) is 29.8 Å². The Hall–Kier alpha value is -2.89. The summed E-state index contributed by atoms with van der Waals surface area (Å²) in [6.45, 7) is 4.63. The minimum Gasteiger partial charge on any atom is -0.490 e. The standard InChI is InChI=1S/C23H29N3O7S/c1-2-32-21-5-3-4-6-22(21)33-19-9-11-24(12-10-19)20-8-7-18(26(27)28)17-23(20)34(29,30)25-13-15-31-16-14-25/h3-8,17,19H,2,9-16H2,1H3. The molecule has 0 saturated carbocycles. The molecule has 0 aliphatic carbocycles. The van der Waals surface area contributed by atoms with Crippen molar-refractivity contribution in [3.05, 3.63) is 52.6 Å². The summed E-state index contributed by atoms with van der Waals surface area (Å²) in [5, 5.41) is 11.4. The van der Waals surface area contributed by atoms with Crippen LogP contribution in [0.2, 0.25) is 0 Å². The molecule has 0 atom stereocenters. The van der Waals surface area contributed by atoms with Gasteiger partial charge in [-0.1, -0.05) is 12.1 Å². The number of benzene rings is 2. The molecule has 2 aliphatic rings. The molecule has 2 fully saturated rings. The van der Waals surface area contributed by atoms with Gasteiger partial charge in [-0.3, -0.25) is 10.1 Å². The molecule has 0 aromatic heterocycles. The third-order valence-electron chi connectivity index (χ3n) is 5.97. The third-order valence-corrected chi connectivity index (χ3v) is 7.90. The van der Waals surface area contributed by atoms with Crippen LogP contribution in [0, 0.1) is 10.1 Å². The highest BCUT2D eigenvalue weighted by Gasteiger charge is 2.33. The van der Waals surface area contributed by atoms with Crippen LogP contribution in [0.3, 0.4) is 0 Å². The summed E-state index contributed by atoms with van der Waals surface area (Å²) in [4.78, 5) is 12.7. The van der Waals surface area contributed by atoms with E-state index in [9.17, 15) is 18.5 Å². The number of morpholine rings is 1. The number of ether oxygens (including phenoxy) is 3. The van der Waals surface area contributed by atoms with Crippen LogP contribution in [-0.4, -0.2) is 69.7 Å². The van der Waals surface area contributed by atoms with Crippen molar-refractivity contribution in [1.29, 1.82) is 0 Å². The lowest BCUT2D eigenvalue weighted by molar-refractivity contribution is -0.385. The number of sulfonamides is 1. The second-order valence-corrected chi connectivity index (χ2v) is 10.0. The first-order valence-electron chi connectivity index (χ1n) is 11.4. The van der Waals surface area contributed by atoms with Gasteiger partial charge in [-0.2, -0.15) is 4.31 Å². The predicted molar refractivity (Wildman–Crippen MR) is 126 cm³/mol. The lowest BCUT2D eigenvalue weighted by Gasteiger charge is -2.35. The Bertz CT molecular complexity index is 1110. The van der Waals surface area contributed by atoms with E-state index < -0.39 is 14.9 Å². The molecule has 2 aromatic rings. The van der Waals surface area contributed by atoms with Gasteiger partial charge in [0.05, 0.1) is 30.4 Å². The fraction of sp³-hybridized carbons (Fsp3) is 0.478. The molecule has 0 N–H and O–H groups in total. The average Bonchev–Trinajstić information content (AvgIpc) is 2.86. The number of rotatable bonds is 8. The van der Waals surface area contributed by atoms with E-state index in [1.54, 1.807) is 0 Å². The Morgan fingerprint density at radius 2 is 1.74 bits per heavy atom. The normalized spacial score (nSPS) is 18.0. The van der Waals surface area contributed by atoms with Gasteiger partial charge in [0.1, 0.15) is 11.0 Å². The van der Waals surface area contributed by atoms with E-state index in [2.05, 4.69) is 0 Å². The Kier molecular flexibility index (Phi) is 7.54. The largest absolute Gasteiger partial charge is 0.490 e. The van der Waals surface area contributed by atoms with Crippen LogP contribution in [-0.2, 0) is 14.8 Å². The number of non-ortho nitro benzene ring substituents is 1.